The Labute approximate surface area is 167 Å². The van der Waals surface area contributed by atoms with E-state index < -0.39 is 15.7 Å². The molecule has 0 aliphatic rings. The van der Waals surface area contributed by atoms with Crippen LogP contribution < -0.4 is 5.32 Å². The monoisotopic (exact) mass is 417 g/mol. The number of thiophene rings is 1. The first-order chi connectivity index (χ1) is 13.4. The van der Waals surface area contributed by atoms with Crippen LogP contribution in [0.1, 0.15) is 33.9 Å². The van der Waals surface area contributed by atoms with Gasteiger partial charge < -0.3 is 10.1 Å². The lowest BCUT2D eigenvalue weighted by Gasteiger charge is -2.10. The molecule has 0 unspecified atom stereocenters. The van der Waals surface area contributed by atoms with E-state index in [0.717, 1.165) is 10.1 Å². The van der Waals surface area contributed by atoms with Crippen LogP contribution in [0.15, 0.2) is 53.4 Å². The Balaban J connectivity index is 1.89. The lowest BCUT2D eigenvalue weighted by molar-refractivity contribution is 0.0532. The van der Waals surface area contributed by atoms with Crippen LogP contribution in [0.5, 0.6) is 0 Å². The van der Waals surface area contributed by atoms with Gasteiger partial charge in [-0.3, -0.25) is 4.79 Å². The Morgan fingerprint density at radius 2 is 1.82 bits per heavy atom. The molecule has 1 N–H and O–H groups in total. The third-order valence-corrected chi connectivity index (χ3v) is 6.98. The maximum atomic E-state index is 12.7. The number of hydrogen-bond acceptors (Lipinski definition) is 6. The number of benzene rings is 2. The van der Waals surface area contributed by atoms with Crippen molar-refractivity contribution >= 4 is 48.8 Å². The number of rotatable bonds is 6. The van der Waals surface area contributed by atoms with Crippen molar-refractivity contribution in [3.63, 3.8) is 0 Å². The highest BCUT2D eigenvalue weighted by atomic mass is 32.2. The predicted molar refractivity (Wildman–Crippen MR) is 110 cm³/mol. The summed E-state index contributed by atoms with van der Waals surface area (Å²) < 4.78 is 30.4. The van der Waals surface area contributed by atoms with Gasteiger partial charge in [-0.2, -0.15) is 0 Å². The normalized spacial score (nSPS) is 11.4. The van der Waals surface area contributed by atoms with Gasteiger partial charge in [0.25, 0.3) is 5.91 Å². The van der Waals surface area contributed by atoms with Gasteiger partial charge in [-0.15, -0.1) is 11.3 Å². The molecule has 3 rings (SSSR count). The highest BCUT2D eigenvalue weighted by Gasteiger charge is 2.21. The first-order valence-corrected chi connectivity index (χ1v) is 11.2. The van der Waals surface area contributed by atoms with Crippen molar-refractivity contribution in [2.45, 2.75) is 18.7 Å². The molecule has 0 radical (unpaired) electrons. The molecule has 0 bridgehead atoms. The maximum Gasteiger partial charge on any atom is 0.348 e. The Bertz CT molecular complexity index is 1150. The zero-order valence-corrected chi connectivity index (χ0v) is 17.0. The molecule has 1 amide bonds. The highest BCUT2D eigenvalue weighted by molar-refractivity contribution is 7.91. The van der Waals surface area contributed by atoms with Gasteiger partial charge in [-0.05, 0) is 48.7 Å². The van der Waals surface area contributed by atoms with Crippen LogP contribution >= 0.6 is 11.3 Å². The zero-order chi connectivity index (χ0) is 20.3. The SMILES string of the molecule is CCOC(=O)c1cc2cc(NC(=O)c3ccccc3S(=O)(=O)CC)ccc2s1. The fourth-order valence-corrected chi connectivity index (χ4v) is 4.73. The minimum Gasteiger partial charge on any atom is -0.462 e. The molecule has 0 spiro atoms. The van der Waals surface area contributed by atoms with E-state index >= 15 is 0 Å². The van der Waals surface area contributed by atoms with Crippen LogP contribution in [0.3, 0.4) is 0 Å². The molecule has 2 aromatic carbocycles. The number of amides is 1. The van der Waals surface area contributed by atoms with Crippen molar-refractivity contribution in [2.75, 3.05) is 17.7 Å². The van der Waals surface area contributed by atoms with Gasteiger partial charge in [-0.25, -0.2) is 13.2 Å². The summed E-state index contributed by atoms with van der Waals surface area (Å²) in [5.74, 6) is -0.977. The van der Waals surface area contributed by atoms with Crippen LogP contribution in [0.2, 0.25) is 0 Å². The molecule has 28 heavy (non-hydrogen) atoms. The van der Waals surface area contributed by atoms with Gasteiger partial charge in [0.05, 0.1) is 22.8 Å². The number of ether oxygens (including phenoxy) is 1. The van der Waals surface area contributed by atoms with E-state index in [2.05, 4.69) is 5.32 Å². The Kier molecular flexibility index (Phi) is 5.81. The van der Waals surface area contributed by atoms with Crippen LogP contribution in [-0.2, 0) is 14.6 Å². The van der Waals surface area contributed by atoms with Crippen LogP contribution in [-0.4, -0.2) is 32.7 Å². The van der Waals surface area contributed by atoms with Crippen molar-refractivity contribution in [1.29, 1.82) is 0 Å². The summed E-state index contributed by atoms with van der Waals surface area (Å²) >= 11 is 1.31. The molecule has 8 heteroatoms. The molecule has 6 nitrogen and oxygen atoms in total. The standard InChI is InChI=1S/C20H19NO5S2/c1-3-26-20(23)17-12-13-11-14(9-10-16(13)27-17)21-19(22)15-7-5-6-8-18(15)28(24,25)4-2/h5-12H,3-4H2,1-2H3,(H,21,22). The summed E-state index contributed by atoms with van der Waals surface area (Å²) in [5, 5.41) is 3.53. The third kappa shape index (κ3) is 4.07. The van der Waals surface area contributed by atoms with E-state index in [1.807, 2.05) is 0 Å². The number of nitrogens with one attached hydrogen (secondary N) is 1. The molecule has 0 aliphatic carbocycles. The van der Waals surface area contributed by atoms with Crippen LogP contribution in [0, 0.1) is 0 Å². The number of carbonyl (C=O) groups excluding carboxylic acids is 2. The fraction of sp³-hybridized carbons (Fsp3) is 0.200. The van der Waals surface area contributed by atoms with E-state index in [4.69, 9.17) is 4.74 Å². The van der Waals surface area contributed by atoms with Crippen molar-refractivity contribution in [3.8, 4) is 0 Å². The van der Waals surface area contributed by atoms with Crippen molar-refractivity contribution in [1.82, 2.24) is 0 Å². The van der Waals surface area contributed by atoms with E-state index in [1.54, 1.807) is 43.3 Å². The van der Waals surface area contributed by atoms with Gasteiger partial charge in [0.2, 0.25) is 0 Å². The van der Waals surface area contributed by atoms with E-state index in [1.165, 1.54) is 30.4 Å². The average molecular weight is 418 g/mol. The number of sulfone groups is 1. The fourth-order valence-electron chi connectivity index (χ4n) is 2.70. The average Bonchev–Trinajstić information content (AvgIpc) is 3.11. The second kappa shape index (κ2) is 8.12. The summed E-state index contributed by atoms with van der Waals surface area (Å²) in [4.78, 5) is 25.1. The minimum absolute atomic E-state index is 0.0104. The van der Waals surface area contributed by atoms with E-state index in [-0.39, 0.29) is 22.2 Å². The summed E-state index contributed by atoms with van der Waals surface area (Å²) in [6.45, 7) is 3.58. The molecule has 0 fully saturated rings. The minimum atomic E-state index is -3.52. The van der Waals surface area contributed by atoms with E-state index in [0.29, 0.717) is 17.2 Å². The molecule has 1 heterocycles. The van der Waals surface area contributed by atoms with E-state index in [9.17, 15) is 18.0 Å². The van der Waals surface area contributed by atoms with Gasteiger partial charge in [0.1, 0.15) is 4.88 Å². The quantitative estimate of drug-likeness (QED) is 0.609. The lowest BCUT2D eigenvalue weighted by atomic mass is 10.2. The van der Waals surface area contributed by atoms with Gasteiger partial charge >= 0.3 is 5.97 Å². The summed E-state index contributed by atoms with van der Waals surface area (Å²) in [7, 11) is -3.52. The summed E-state index contributed by atoms with van der Waals surface area (Å²) in [6, 6.07) is 13.1. The van der Waals surface area contributed by atoms with Crippen molar-refractivity contribution < 1.29 is 22.7 Å². The molecule has 3 aromatic rings. The first-order valence-electron chi connectivity index (χ1n) is 8.69. The Hall–Kier alpha value is -2.71. The molecule has 0 atom stereocenters. The molecule has 146 valence electrons. The molecular formula is C20H19NO5S2. The maximum absolute atomic E-state index is 12.7. The van der Waals surface area contributed by atoms with Crippen molar-refractivity contribution in [3.05, 3.63) is 59.0 Å². The second-order valence-corrected chi connectivity index (χ2v) is 9.27. The van der Waals surface area contributed by atoms with Gasteiger partial charge in [0, 0.05) is 10.4 Å². The van der Waals surface area contributed by atoms with Crippen LogP contribution in [0.4, 0.5) is 5.69 Å². The number of hydrogen-bond donors (Lipinski definition) is 1. The smallest absolute Gasteiger partial charge is 0.348 e. The van der Waals surface area contributed by atoms with Gasteiger partial charge in [-0.1, -0.05) is 19.1 Å². The number of esters is 1. The molecule has 0 saturated carbocycles. The van der Waals surface area contributed by atoms with Gasteiger partial charge in [0.15, 0.2) is 9.84 Å². The molecule has 1 aromatic heterocycles. The second-order valence-electron chi connectivity index (χ2n) is 5.94. The molecular weight excluding hydrogens is 398 g/mol. The summed E-state index contributed by atoms with van der Waals surface area (Å²) in [6.07, 6.45) is 0. The number of fused-ring (bicyclic) bond motifs is 1. The molecule has 0 aliphatic heterocycles. The number of carbonyl (C=O) groups is 2. The molecule has 0 saturated heterocycles. The first kappa shape index (κ1) is 20.0. The Morgan fingerprint density at radius 3 is 2.54 bits per heavy atom. The zero-order valence-electron chi connectivity index (χ0n) is 15.4. The van der Waals surface area contributed by atoms with Crippen molar-refractivity contribution in [2.24, 2.45) is 0 Å². The Morgan fingerprint density at radius 1 is 1.07 bits per heavy atom. The number of anilines is 1. The third-order valence-electron chi connectivity index (χ3n) is 4.10. The predicted octanol–water partition coefficient (Wildman–Crippen LogP) is 4.12. The summed E-state index contributed by atoms with van der Waals surface area (Å²) in [5.41, 5.74) is 0.608. The highest BCUT2D eigenvalue weighted by Crippen LogP contribution is 2.29. The van der Waals surface area contributed by atoms with Crippen LogP contribution in [0.25, 0.3) is 10.1 Å². The topological polar surface area (TPSA) is 89.5 Å². The largest absolute Gasteiger partial charge is 0.462 e. The lowest BCUT2D eigenvalue weighted by Crippen LogP contribution is -2.17.